The number of sulfonamides is 1. The van der Waals surface area contributed by atoms with Gasteiger partial charge in [-0.1, -0.05) is 31.2 Å². The second-order valence-electron chi connectivity index (χ2n) is 9.28. The van der Waals surface area contributed by atoms with Crippen LogP contribution < -0.4 is 15.4 Å². The Morgan fingerprint density at radius 2 is 1.85 bits per heavy atom. The van der Waals surface area contributed by atoms with Gasteiger partial charge in [0.15, 0.2) is 5.78 Å². The van der Waals surface area contributed by atoms with E-state index in [1.54, 1.807) is 13.0 Å². The van der Waals surface area contributed by atoms with Crippen LogP contribution in [0.2, 0.25) is 0 Å². The fourth-order valence-electron chi connectivity index (χ4n) is 4.22. The molecule has 0 spiro atoms. The number of ketones is 1. The molecule has 1 aliphatic rings. The molecule has 0 radical (unpaired) electrons. The van der Waals surface area contributed by atoms with Gasteiger partial charge in [0.2, 0.25) is 10.0 Å². The fraction of sp³-hybridized carbons (Fsp3) is 0.520. The van der Waals surface area contributed by atoms with Gasteiger partial charge in [0.1, 0.15) is 11.6 Å². The van der Waals surface area contributed by atoms with Crippen molar-refractivity contribution in [2.24, 2.45) is 5.73 Å². The summed E-state index contributed by atoms with van der Waals surface area (Å²) in [6.45, 7) is 4.82. The summed E-state index contributed by atoms with van der Waals surface area (Å²) in [5, 5.41) is 3.35. The fourth-order valence-corrected chi connectivity index (χ4v) is 5.17. The van der Waals surface area contributed by atoms with Crippen LogP contribution in [-0.2, 0) is 34.1 Å². The molecule has 1 aromatic heterocycles. The Labute approximate surface area is 197 Å². The van der Waals surface area contributed by atoms with Crippen molar-refractivity contribution in [2.45, 2.75) is 64.3 Å². The number of rotatable bonds is 4. The topological polar surface area (TPSA) is 105 Å². The minimum atomic E-state index is -3.47. The van der Waals surface area contributed by atoms with Gasteiger partial charge in [-0.25, -0.2) is 13.4 Å². The highest BCUT2D eigenvalue weighted by Crippen LogP contribution is 2.24. The lowest BCUT2D eigenvalue weighted by Gasteiger charge is -2.24. The number of hydrogen-bond donors (Lipinski definition) is 2. The number of nitrogens with two attached hydrogens (primary N) is 1. The molecule has 1 aliphatic heterocycles. The van der Waals surface area contributed by atoms with E-state index in [1.807, 2.05) is 25.1 Å². The number of Topliss-reactive ketones (excluding diaryl/α,β-unsaturated/α-hetero) is 1. The second kappa shape index (κ2) is 10.7. The molecule has 1 unspecified atom stereocenters. The van der Waals surface area contributed by atoms with Crippen LogP contribution in [0.5, 0.6) is 0 Å². The third-order valence-electron chi connectivity index (χ3n) is 5.99. The van der Waals surface area contributed by atoms with Crippen molar-refractivity contribution in [1.29, 1.82) is 0 Å². The Balaban J connectivity index is 1.92. The summed E-state index contributed by atoms with van der Waals surface area (Å²) in [6.07, 6.45) is 6.03. The molecule has 0 amide bonds. The summed E-state index contributed by atoms with van der Waals surface area (Å²) in [5.74, 6) is 1.00. The van der Waals surface area contributed by atoms with Crippen molar-refractivity contribution in [1.82, 2.24) is 4.98 Å². The third kappa shape index (κ3) is 7.01. The summed E-state index contributed by atoms with van der Waals surface area (Å²) >= 11 is 0. The van der Waals surface area contributed by atoms with Crippen LogP contribution in [0.15, 0.2) is 36.4 Å². The lowest BCUT2D eigenvalue weighted by Crippen LogP contribution is -2.47. The van der Waals surface area contributed by atoms with Crippen LogP contribution in [0.3, 0.4) is 0 Å². The van der Waals surface area contributed by atoms with Crippen LogP contribution in [0, 0.1) is 0 Å². The van der Waals surface area contributed by atoms with Crippen molar-refractivity contribution < 1.29 is 13.2 Å². The highest BCUT2D eigenvalue weighted by atomic mass is 32.2. The van der Waals surface area contributed by atoms with E-state index in [0.717, 1.165) is 36.9 Å². The Morgan fingerprint density at radius 3 is 2.58 bits per heavy atom. The summed E-state index contributed by atoms with van der Waals surface area (Å²) in [5.41, 5.74) is 8.68. The Kier molecular flexibility index (Phi) is 8.13. The van der Waals surface area contributed by atoms with Crippen molar-refractivity contribution in [3.63, 3.8) is 0 Å². The van der Waals surface area contributed by atoms with E-state index in [9.17, 15) is 13.2 Å². The molecule has 33 heavy (non-hydrogen) atoms. The molecule has 2 heterocycles. The van der Waals surface area contributed by atoms with Crippen LogP contribution in [0.25, 0.3) is 0 Å². The highest BCUT2D eigenvalue weighted by Gasteiger charge is 2.28. The zero-order valence-electron chi connectivity index (χ0n) is 19.9. The average Bonchev–Trinajstić information content (AvgIpc) is 2.74. The van der Waals surface area contributed by atoms with Gasteiger partial charge in [0, 0.05) is 19.5 Å². The molecule has 0 aliphatic carbocycles. The number of carbonyl (C=O) groups is 1. The Hall–Kier alpha value is -2.45. The summed E-state index contributed by atoms with van der Waals surface area (Å²) < 4.78 is 26.1. The Bertz CT molecular complexity index is 1080. The molecular weight excluding hydrogens is 436 g/mol. The molecule has 1 atom stereocenters. The normalized spacial score (nSPS) is 20.2. The molecule has 2 aromatic rings. The number of nitrogens with one attached hydrogen (secondary N) is 1. The van der Waals surface area contributed by atoms with E-state index < -0.39 is 15.6 Å². The smallest absolute Gasteiger partial charge is 0.233 e. The van der Waals surface area contributed by atoms with E-state index in [1.165, 1.54) is 16.1 Å². The predicted molar refractivity (Wildman–Crippen MR) is 134 cm³/mol. The first kappa shape index (κ1) is 25.2. The maximum atomic E-state index is 13.0. The van der Waals surface area contributed by atoms with Crippen LogP contribution in [0.1, 0.15) is 56.2 Å². The number of nitrogens with zero attached hydrogens (tertiary/aromatic N) is 2. The lowest BCUT2D eigenvalue weighted by molar-refractivity contribution is -0.123. The molecule has 4 bridgehead atoms. The number of pyridine rings is 1. The van der Waals surface area contributed by atoms with E-state index in [2.05, 4.69) is 22.4 Å². The molecule has 0 saturated carbocycles. The lowest BCUT2D eigenvalue weighted by atomic mass is 9.86. The zero-order valence-corrected chi connectivity index (χ0v) is 20.7. The predicted octanol–water partition coefficient (Wildman–Crippen LogP) is 3.47. The largest absolute Gasteiger partial charge is 0.370 e. The Morgan fingerprint density at radius 1 is 1.09 bits per heavy atom. The number of anilines is 2. The first-order valence-corrected chi connectivity index (χ1v) is 13.6. The molecule has 7 nitrogen and oxygen atoms in total. The summed E-state index contributed by atoms with van der Waals surface area (Å²) in [7, 11) is -3.47. The van der Waals surface area contributed by atoms with Crippen molar-refractivity contribution in [3.05, 3.63) is 53.1 Å². The molecule has 1 aromatic carbocycles. The van der Waals surface area contributed by atoms with Gasteiger partial charge in [-0.15, -0.1) is 0 Å². The molecule has 3 rings (SSSR count). The van der Waals surface area contributed by atoms with Gasteiger partial charge in [-0.3, -0.25) is 9.10 Å². The van der Waals surface area contributed by atoms with E-state index in [0.29, 0.717) is 37.4 Å². The standard InChI is InChI=1S/C25H36N4O3S/c1-4-14-29(33(3,31)32)24-17-20-11-12-22(30)25(2,26)18-21-10-7-9-19(15-21)8-5-6-13-27-23(16-20)28-24/h7,9-10,15-17H,4-6,8,11-14,18,26H2,1-3H3,(H,27,28). The van der Waals surface area contributed by atoms with Crippen LogP contribution in [-0.4, -0.2) is 44.1 Å². The third-order valence-corrected chi connectivity index (χ3v) is 7.16. The number of aromatic nitrogens is 1. The number of carbonyl (C=O) groups excluding carboxylic acids is 1. The van der Waals surface area contributed by atoms with Crippen molar-refractivity contribution in [3.8, 4) is 0 Å². The van der Waals surface area contributed by atoms with Crippen molar-refractivity contribution >= 4 is 27.4 Å². The summed E-state index contributed by atoms with van der Waals surface area (Å²) in [6, 6.07) is 12.0. The number of benzene rings is 1. The first-order valence-electron chi connectivity index (χ1n) is 11.7. The maximum Gasteiger partial charge on any atom is 0.233 e. The number of hydrogen-bond acceptors (Lipinski definition) is 6. The van der Waals surface area contributed by atoms with Crippen LogP contribution >= 0.6 is 0 Å². The minimum Gasteiger partial charge on any atom is -0.370 e. The van der Waals surface area contributed by atoms with E-state index in [4.69, 9.17) is 5.73 Å². The van der Waals surface area contributed by atoms with Crippen LogP contribution in [0.4, 0.5) is 11.6 Å². The van der Waals surface area contributed by atoms with E-state index >= 15 is 0 Å². The van der Waals surface area contributed by atoms with Gasteiger partial charge < -0.3 is 11.1 Å². The highest BCUT2D eigenvalue weighted by molar-refractivity contribution is 7.92. The van der Waals surface area contributed by atoms with Crippen molar-refractivity contribution in [2.75, 3.05) is 29.0 Å². The average molecular weight is 473 g/mol. The molecule has 8 heteroatoms. The second-order valence-corrected chi connectivity index (χ2v) is 11.2. The monoisotopic (exact) mass is 472 g/mol. The van der Waals surface area contributed by atoms with Gasteiger partial charge in [-0.2, -0.15) is 0 Å². The quantitative estimate of drug-likeness (QED) is 0.706. The molecule has 0 saturated heterocycles. The maximum absolute atomic E-state index is 13.0. The number of fused-ring (bicyclic) bond motifs is 4. The van der Waals surface area contributed by atoms with Gasteiger partial charge in [-0.05, 0) is 74.3 Å². The first-order chi connectivity index (χ1) is 15.6. The van der Waals surface area contributed by atoms with Gasteiger partial charge in [0.25, 0.3) is 0 Å². The molecule has 0 fully saturated rings. The minimum absolute atomic E-state index is 0.0126. The zero-order chi connectivity index (χ0) is 24.1. The van der Waals surface area contributed by atoms with Gasteiger partial charge in [0.05, 0.1) is 11.8 Å². The molecular formula is C25H36N4O3S. The molecule has 180 valence electrons. The SMILES string of the molecule is CCCN(c1cc2cc(n1)NCCCCc1cccc(c1)CC(C)(N)C(=O)CC2)S(C)(=O)=O. The summed E-state index contributed by atoms with van der Waals surface area (Å²) in [4.78, 5) is 17.6. The van der Waals surface area contributed by atoms with Gasteiger partial charge >= 0.3 is 0 Å². The molecule has 3 N–H and O–H groups in total. The van der Waals surface area contributed by atoms with E-state index in [-0.39, 0.29) is 12.2 Å². The number of aryl methyl sites for hydroxylation is 2.